The van der Waals surface area contributed by atoms with Gasteiger partial charge in [0.25, 0.3) is 0 Å². The van der Waals surface area contributed by atoms with Gasteiger partial charge in [-0.05, 0) is 38.3 Å². The van der Waals surface area contributed by atoms with Gasteiger partial charge in [0.15, 0.2) is 0 Å². The Kier molecular flexibility index (Phi) is 6.08. The number of rotatable bonds is 7. The highest BCUT2D eigenvalue weighted by Crippen LogP contribution is 2.20. The molecule has 0 atom stereocenters. The van der Waals surface area contributed by atoms with Crippen molar-refractivity contribution >= 4 is 16.3 Å². The Morgan fingerprint density at radius 1 is 1.35 bits per heavy atom. The van der Waals surface area contributed by atoms with Crippen LogP contribution in [0.5, 0.6) is 0 Å². The zero-order chi connectivity index (χ0) is 12.7. The molecule has 0 unspecified atom stereocenters. The highest BCUT2D eigenvalue weighted by molar-refractivity contribution is 7.88. The van der Waals surface area contributed by atoms with Gasteiger partial charge in [-0.25, -0.2) is 13.1 Å². The van der Waals surface area contributed by atoms with Crippen LogP contribution in [-0.4, -0.2) is 52.0 Å². The lowest BCUT2D eigenvalue weighted by Crippen LogP contribution is -2.39. The quantitative estimate of drug-likeness (QED) is 0.667. The van der Waals surface area contributed by atoms with Gasteiger partial charge >= 0.3 is 0 Å². The number of carbonyl (C=O) groups is 1. The van der Waals surface area contributed by atoms with Gasteiger partial charge in [0.2, 0.25) is 10.0 Å². The fourth-order valence-electron chi connectivity index (χ4n) is 2.19. The predicted octanol–water partition coefficient (Wildman–Crippen LogP) is 0.227. The molecule has 1 aliphatic rings. The minimum atomic E-state index is -3.06. The molecule has 0 aliphatic carbocycles. The number of sulfonamides is 1. The van der Waals surface area contributed by atoms with E-state index >= 15 is 0 Å². The minimum absolute atomic E-state index is 0.484. The fourth-order valence-corrected chi connectivity index (χ4v) is 2.65. The Balaban J connectivity index is 2.12. The van der Waals surface area contributed by atoms with Crippen LogP contribution < -0.4 is 4.72 Å². The van der Waals surface area contributed by atoms with Crippen LogP contribution >= 0.6 is 0 Å². The zero-order valence-corrected chi connectivity index (χ0v) is 11.2. The summed E-state index contributed by atoms with van der Waals surface area (Å²) in [6, 6.07) is 0. The first kappa shape index (κ1) is 14.6. The van der Waals surface area contributed by atoms with E-state index in [1.807, 2.05) is 0 Å². The largest absolute Gasteiger partial charge is 0.303 e. The Morgan fingerprint density at radius 3 is 2.53 bits per heavy atom. The number of piperidine rings is 1. The van der Waals surface area contributed by atoms with Crippen molar-refractivity contribution in [1.29, 1.82) is 0 Å². The molecule has 100 valence electrons. The molecule has 1 saturated heterocycles. The smallest absolute Gasteiger partial charge is 0.208 e. The standard InChI is InChI=1S/C11H22N2O3S/c1-17(15,16)12-6-9-13-7-4-11(5-8-13)3-2-10-14/h10-12H,2-9H2,1H3. The first-order chi connectivity index (χ1) is 8.01. The zero-order valence-electron chi connectivity index (χ0n) is 10.4. The second kappa shape index (κ2) is 7.08. The predicted molar refractivity (Wildman–Crippen MR) is 67.3 cm³/mol. The van der Waals surface area contributed by atoms with Crippen LogP contribution in [-0.2, 0) is 14.8 Å². The maximum Gasteiger partial charge on any atom is 0.208 e. The van der Waals surface area contributed by atoms with Crippen molar-refractivity contribution in [3.63, 3.8) is 0 Å². The third-order valence-electron chi connectivity index (χ3n) is 3.19. The van der Waals surface area contributed by atoms with Crippen LogP contribution in [0, 0.1) is 5.92 Å². The first-order valence-electron chi connectivity index (χ1n) is 6.12. The number of nitrogens with one attached hydrogen (secondary N) is 1. The molecule has 0 aromatic carbocycles. The number of hydrogen-bond acceptors (Lipinski definition) is 4. The molecule has 0 radical (unpaired) electrons. The van der Waals surface area contributed by atoms with E-state index in [0.717, 1.165) is 45.2 Å². The van der Waals surface area contributed by atoms with E-state index in [9.17, 15) is 13.2 Å². The normalized spacial score (nSPS) is 19.4. The highest BCUT2D eigenvalue weighted by atomic mass is 32.2. The monoisotopic (exact) mass is 262 g/mol. The van der Waals surface area contributed by atoms with Gasteiger partial charge in [-0.15, -0.1) is 0 Å². The maximum absolute atomic E-state index is 10.9. The van der Waals surface area contributed by atoms with Gasteiger partial charge in [0.05, 0.1) is 6.26 Å². The van der Waals surface area contributed by atoms with Crippen LogP contribution in [0.4, 0.5) is 0 Å². The topological polar surface area (TPSA) is 66.5 Å². The second-order valence-corrected chi connectivity index (χ2v) is 6.53. The van der Waals surface area contributed by atoms with Gasteiger partial charge in [0, 0.05) is 19.5 Å². The van der Waals surface area contributed by atoms with Crippen molar-refractivity contribution in [3.05, 3.63) is 0 Å². The summed E-state index contributed by atoms with van der Waals surface area (Å²) >= 11 is 0. The van der Waals surface area contributed by atoms with Crippen molar-refractivity contribution in [1.82, 2.24) is 9.62 Å². The number of carbonyl (C=O) groups excluding carboxylic acids is 1. The Bertz CT molecular complexity index is 322. The van der Waals surface area contributed by atoms with Crippen LogP contribution in [0.25, 0.3) is 0 Å². The third kappa shape index (κ3) is 6.75. The van der Waals surface area contributed by atoms with Gasteiger partial charge in [-0.3, -0.25) is 0 Å². The summed E-state index contributed by atoms with van der Waals surface area (Å²) in [6.45, 7) is 3.27. The molecular formula is C11H22N2O3S. The van der Waals surface area contributed by atoms with E-state index in [1.54, 1.807) is 0 Å². The SMILES string of the molecule is CS(=O)(=O)NCCN1CCC(CCC=O)CC1. The van der Waals surface area contributed by atoms with Crippen LogP contribution in [0.2, 0.25) is 0 Å². The molecule has 0 spiro atoms. The van der Waals surface area contributed by atoms with Gasteiger partial charge in [-0.2, -0.15) is 0 Å². The molecule has 17 heavy (non-hydrogen) atoms. The van der Waals surface area contributed by atoms with E-state index in [1.165, 1.54) is 6.26 Å². The van der Waals surface area contributed by atoms with E-state index in [0.29, 0.717) is 18.9 Å². The molecule has 1 rings (SSSR count). The molecular weight excluding hydrogens is 240 g/mol. The van der Waals surface area contributed by atoms with E-state index in [4.69, 9.17) is 0 Å². The number of likely N-dealkylation sites (tertiary alicyclic amines) is 1. The molecule has 6 heteroatoms. The average Bonchev–Trinajstić information content (AvgIpc) is 2.26. The molecule has 5 nitrogen and oxygen atoms in total. The van der Waals surface area contributed by atoms with Crippen molar-refractivity contribution in [2.45, 2.75) is 25.7 Å². The molecule has 1 heterocycles. The van der Waals surface area contributed by atoms with E-state index in [-0.39, 0.29) is 0 Å². The summed E-state index contributed by atoms with van der Waals surface area (Å²) in [5.74, 6) is 0.666. The lowest BCUT2D eigenvalue weighted by atomic mass is 9.92. The van der Waals surface area contributed by atoms with Crippen LogP contribution in [0.3, 0.4) is 0 Å². The Morgan fingerprint density at radius 2 is 2.00 bits per heavy atom. The molecule has 0 saturated carbocycles. The molecule has 1 N–H and O–H groups in total. The Labute approximate surface area is 104 Å². The fraction of sp³-hybridized carbons (Fsp3) is 0.909. The van der Waals surface area contributed by atoms with Gasteiger partial charge in [0.1, 0.15) is 6.29 Å². The molecule has 0 aromatic rings. The minimum Gasteiger partial charge on any atom is -0.303 e. The number of hydrogen-bond donors (Lipinski definition) is 1. The van der Waals surface area contributed by atoms with Gasteiger partial charge in [-0.1, -0.05) is 0 Å². The average molecular weight is 262 g/mol. The lowest BCUT2D eigenvalue weighted by molar-refractivity contribution is -0.108. The second-order valence-electron chi connectivity index (χ2n) is 4.70. The first-order valence-corrected chi connectivity index (χ1v) is 8.01. The van der Waals surface area contributed by atoms with Crippen molar-refractivity contribution < 1.29 is 13.2 Å². The van der Waals surface area contributed by atoms with Gasteiger partial charge < -0.3 is 9.69 Å². The highest BCUT2D eigenvalue weighted by Gasteiger charge is 2.18. The Hall–Kier alpha value is -0.460. The molecule has 0 amide bonds. The maximum atomic E-state index is 10.9. The van der Waals surface area contributed by atoms with Crippen molar-refractivity contribution in [2.75, 3.05) is 32.4 Å². The summed E-state index contributed by atoms with van der Waals surface area (Å²) in [7, 11) is -3.06. The van der Waals surface area contributed by atoms with E-state index in [2.05, 4.69) is 9.62 Å². The van der Waals surface area contributed by atoms with Crippen molar-refractivity contribution in [2.24, 2.45) is 5.92 Å². The summed E-state index contributed by atoms with van der Waals surface area (Å²) in [4.78, 5) is 12.5. The summed E-state index contributed by atoms with van der Waals surface area (Å²) in [6.07, 6.45) is 6.07. The molecule has 0 aromatic heterocycles. The number of aldehydes is 1. The lowest BCUT2D eigenvalue weighted by Gasteiger charge is -2.31. The molecule has 0 bridgehead atoms. The third-order valence-corrected chi connectivity index (χ3v) is 3.92. The summed E-state index contributed by atoms with van der Waals surface area (Å²) in [5, 5.41) is 0. The molecule has 1 aliphatic heterocycles. The molecule has 1 fully saturated rings. The van der Waals surface area contributed by atoms with Crippen molar-refractivity contribution in [3.8, 4) is 0 Å². The summed E-state index contributed by atoms with van der Waals surface area (Å²) in [5.41, 5.74) is 0. The summed E-state index contributed by atoms with van der Waals surface area (Å²) < 4.78 is 24.3. The van der Waals surface area contributed by atoms with E-state index < -0.39 is 10.0 Å². The number of nitrogens with zero attached hydrogens (tertiary/aromatic N) is 1. The van der Waals surface area contributed by atoms with Crippen LogP contribution in [0.15, 0.2) is 0 Å². The van der Waals surface area contributed by atoms with Crippen LogP contribution in [0.1, 0.15) is 25.7 Å².